The molecule has 0 aliphatic rings. The molecule has 1 unspecified atom stereocenters. The molecule has 1 aromatic carbocycles. The second-order valence-electron chi connectivity index (χ2n) is 4.77. The Morgan fingerprint density at radius 1 is 0.950 bits per heavy atom. The van der Waals surface area contributed by atoms with Crippen LogP contribution in [0.1, 0.15) is 26.9 Å². The highest BCUT2D eigenvalue weighted by Crippen LogP contribution is 2.27. The van der Waals surface area contributed by atoms with Crippen molar-refractivity contribution in [1.29, 1.82) is 0 Å². The lowest BCUT2D eigenvalue weighted by Crippen LogP contribution is -2.21. The summed E-state index contributed by atoms with van der Waals surface area (Å²) in [5, 5.41) is 8.01. The lowest BCUT2D eigenvalue weighted by Gasteiger charge is -2.18. The minimum Gasteiger partial charge on any atom is -0.301 e. The molecule has 1 N–H and O–H groups in total. The van der Waals surface area contributed by atoms with Gasteiger partial charge in [0.1, 0.15) is 0 Å². The van der Waals surface area contributed by atoms with Crippen LogP contribution in [0.4, 0.5) is 0 Å². The SMILES string of the molecule is Cc1ccsc1CNC(c1ccccc1)c1cccs1. The normalized spacial score (nSPS) is 12.4. The van der Waals surface area contributed by atoms with E-state index in [1.807, 2.05) is 22.7 Å². The zero-order valence-corrected chi connectivity index (χ0v) is 13.0. The maximum atomic E-state index is 3.70. The molecule has 3 heteroatoms. The molecule has 0 spiro atoms. The molecule has 0 aliphatic heterocycles. The van der Waals surface area contributed by atoms with Crippen molar-refractivity contribution >= 4 is 22.7 Å². The van der Waals surface area contributed by atoms with E-state index in [-0.39, 0.29) is 6.04 Å². The fraction of sp³-hybridized carbons (Fsp3) is 0.176. The standard InChI is InChI=1S/C17H17NS2/c1-13-9-11-20-16(13)12-18-17(15-8-5-10-19-15)14-6-3-2-4-7-14/h2-11,17-18H,12H2,1H3. The van der Waals surface area contributed by atoms with Gasteiger partial charge >= 0.3 is 0 Å². The predicted molar refractivity (Wildman–Crippen MR) is 88.5 cm³/mol. The summed E-state index contributed by atoms with van der Waals surface area (Å²) in [6.45, 7) is 3.09. The van der Waals surface area contributed by atoms with Crippen molar-refractivity contribution in [2.75, 3.05) is 0 Å². The third kappa shape index (κ3) is 3.01. The molecular formula is C17H17NS2. The van der Waals surface area contributed by atoms with E-state index < -0.39 is 0 Å². The van der Waals surface area contributed by atoms with Crippen molar-refractivity contribution in [1.82, 2.24) is 5.32 Å². The third-order valence-corrected chi connectivity index (χ3v) is 5.36. The molecule has 0 radical (unpaired) electrons. The molecule has 20 heavy (non-hydrogen) atoms. The molecule has 2 aromatic heterocycles. The van der Waals surface area contributed by atoms with Gasteiger partial charge in [0.25, 0.3) is 0 Å². The third-order valence-electron chi connectivity index (χ3n) is 3.40. The molecule has 0 saturated heterocycles. The molecule has 0 fully saturated rings. The molecule has 1 nitrogen and oxygen atoms in total. The molecular weight excluding hydrogens is 282 g/mol. The highest BCUT2D eigenvalue weighted by atomic mass is 32.1. The number of hydrogen-bond acceptors (Lipinski definition) is 3. The van der Waals surface area contributed by atoms with Crippen molar-refractivity contribution in [2.45, 2.75) is 19.5 Å². The van der Waals surface area contributed by atoms with Crippen LogP contribution in [-0.2, 0) is 6.54 Å². The first-order chi connectivity index (χ1) is 9.84. The van der Waals surface area contributed by atoms with Gasteiger partial charge < -0.3 is 5.32 Å². The Labute approximate surface area is 127 Å². The monoisotopic (exact) mass is 299 g/mol. The van der Waals surface area contributed by atoms with Gasteiger partial charge in [0, 0.05) is 16.3 Å². The molecule has 102 valence electrons. The summed E-state index contributed by atoms with van der Waals surface area (Å²) in [4.78, 5) is 2.79. The minimum absolute atomic E-state index is 0.276. The van der Waals surface area contributed by atoms with E-state index in [1.165, 1.54) is 20.9 Å². The van der Waals surface area contributed by atoms with Crippen LogP contribution in [-0.4, -0.2) is 0 Å². The maximum Gasteiger partial charge on any atom is 0.0673 e. The van der Waals surface area contributed by atoms with E-state index in [4.69, 9.17) is 0 Å². The summed E-state index contributed by atoms with van der Waals surface area (Å²) in [5.41, 5.74) is 2.70. The van der Waals surface area contributed by atoms with Crippen LogP contribution in [0.25, 0.3) is 0 Å². The Kier molecular flexibility index (Phi) is 4.31. The van der Waals surface area contributed by atoms with E-state index in [0.717, 1.165) is 6.54 Å². The molecule has 3 rings (SSSR count). The van der Waals surface area contributed by atoms with Gasteiger partial charge in [0.2, 0.25) is 0 Å². The van der Waals surface area contributed by atoms with Crippen LogP contribution < -0.4 is 5.32 Å². The quantitative estimate of drug-likeness (QED) is 0.699. The lowest BCUT2D eigenvalue weighted by molar-refractivity contribution is 0.617. The van der Waals surface area contributed by atoms with Crippen molar-refractivity contribution in [3.05, 3.63) is 80.2 Å². The Hall–Kier alpha value is -1.42. The van der Waals surface area contributed by atoms with E-state index in [0.29, 0.717) is 0 Å². The van der Waals surface area contributed by atoms with Gasteiger partial charge in [-0.3, -0.25) is 0 Å². The number of hydrogen-bond donors (Lipinski definition) is 1. The second-order valence-corrected chi connectivity index (χ2v) is 6.75. The summed E-state index contributed by atoms with van der Waals surface area (Å²) >= 11 is 3.63. The van der Waals surface area contributed by atoms with Gasteiger partial charge in [-0.1, -0.05) is 36.4 Å². The minimum atomic E-state index is 0.276. The molecule has 0 saturated carbocycles. The highest BCUT2D eigenvalue weighted by molar-refractivity contribution is 7.10. The summed E-state index contributed by atoms with van der Waals surface area (Å²) in [6, 6.07) is 17.4. The first kappa shape index (κ1) is 13.6. The summed E-state index contributed by atoms with van der Waals surface area (Å²) in [6.07, 6.45) is 0. The highest BCUT2D eigenvalue weighted by Gasteiger charge is 2.14. The zero-order chi connectivity index (χ0) is 13.8. The van der Waals surface area contributed by atoms with Crippen molar-refractivity contribution < 1.29 is 0 Å². The van der Waals surface area contributed by atoms with Gasteiger partial charge in [-0.2, -0.15) is 0 Å². The average molecular weight is 299 g/mol. The fourth-order valence-corrected chi connectivity index (χ4v) is 3.95. The van der Waals surface area contributed by atoms with Crippen LogP contribution >= 0.6 is 22.7 Å². The van der Waals surface area contributed by atoms with Crippen molar-refractivity contribution in [2.24, 2.45) is 0 Å². The number of aryl methyl sites for hydroxylation is 1. The number of thiophene rings is 2. The topological polar surface area (TPSA) is 12.0 Å². The van der Waals surface area contributed by atoms with E-state index in [1.54, 1.807) is 0 Å². The van der Waals surface area contributed by atoms with E-state index >= 15 is 0 Å². The van der Waals surface area contributed by atoms with Gasteiger partial charge in [0.05, 0.1) is 6.04 Å². The van der Waals surface area contributed by atoms with Crippen LogP contribution in [0.3, 0.4) is 0 Å². The lowest BCUT2D eigenvalue weighted by atomic mass is 10.1. The van der Waals surface area contributed by atoms with Crippen LogP contribution in [0.5, 0.6) is 0 Å². The Morgan fingerprint density at radius 3 is 2.45 bits per heavy atom. The maximum absolute atomic E-state index is 3.70. The molecule has 2 heterocycles. The molecule has 3 aromatic rings. The molecule has 0 amide bonds. The van der Waals surface area contributed by atoms with Crippen molar-refractivity contribution in [3.8, 4) is 0 Å². The molecule has 1 atom stereocenters. The largest absolute Gasteiger partial charge is 0.301 e. The number of rotatable bonds is 5. The number of nitrogens with one attached hydrogen (secondary N) is 1. The first-order valence-electron chi connectivity index (χ1n) is 6.69. The van der Waals surface area contributed by atoms with Crippen LogP contribution in [0, 0.1) is 6.92 Å². The van der Waals surface area contributed by atoms with E-state index in [2.05, 4.69) is 71.5 Å². The Balaban J connectivity index is 1.82. The van der Waals surface area contributed by atoms with Gasteiger partial charge in [-0.25, -0.2) is 0 Å². The summed E-state index contributed by atoms with van der Waals surface area (Å²) in [5.74, 6) is 0. The van der Waals surface area contributed by atoms with Gasteiger partial charge in [0.15, 0.2) is 0 Å². The van der Waals surface area contributed by atoms with Crippen molar-refractivity contribution in [3.63, 3.8) is 0 Å². The van der Waals surface area contributed by atoms with Crippen LogP contribution in [0.2, 0.25) is 0 Å². The summed E-state index contributed by atoms with van der Waals surface area (Å²) in [7, 11) is 0. The van der Waals surface area contributed by atoms with Crippen LogP contribution in [0.15, 0.2) is 59.3 Å². The average Bonchev–Trinajstić information content (AvgIpc) is 3.13. The first-order valence-corrected chi connectivity index (χ1v) is 8.45. The van der Waals surface area contributed by atoms with Gasteiger partial charge in [-0.05, 0) is 40.9 Å². The molecule has 0 aliphatic carbocycles. The smallest absolute Gasteiger partial charge is 0.0673 e. The Bertz CT molecular complexity index is 641. The Morgan fingerprint density at radius 2 is 1.80 bits per heavy atom. The van der Waals surface area contributed by atoms with Gasteiger partial charge in [-0.15, -0.1) is 22.7 Å². The fourth-order valence-electron chi connectivity index (χ4n) is 2.26. The number of benzene rings is 1. The second kappa shape index (κ2) is 6.35. The zero-order valence-electron chi connectivity index (χ0n) is 11.4. The molecule has 0 bridgehead atoms. The predicted octanol–water partition coefficient (Wildman–Crippen LogP) is 5.00. The van der Waals surface area contributed by atoms with E-state index in [9.17, 15) is 0 Å². The summed E-state index contributed by atoms with van der Waals surface area (Å²) < 4.78 is 0.